The zero-order chi connectivity index (χ0) is 29.3. The zero-order valence-corrected chi connectivity index (χ0v) is 23.2. The Balaban J connectivity index is 3.09. The monoisotopic (exact) mass is 555 g/mol. The average Bonchev–Trinajstić information content (AvgIpc) is 2.86. The van der Waals surface area contributed by atoms with E-state index in [9.17, 15) is 24.3 Å². The highest BCUT2D eigenvalue weighted by atomic mass is 16.7. The van der Waals surface area contributed by atoms with Gasteiger partial charge in [0.25, 0.3) is 0 Å². The molecular weight excluding hydrogens is 514 g/mol. The minimum absolute atomic E-state index is 0.1000. The molecule has 0 heterocycles. The van der Waals surface area contributed by atoms with Crippen molar-refractivity contribution in [1.29, 1.82) is 0 Å². The van der Waals surface area contributed by atoms with E-state index in [1.165, 1.54) is 25.1 Å². The van der Waals surface area contributed by atoms with Crippen molar-refractivity contribution in [2.75, 3.05) is 19.8 Å². The second-order valence-electron chi connectivity index (χ2n) is 9.05. The molecule has 0 bridgehead atoms. The quantitative estimate of drug-likeness (QED) is 0.109. The molecule has 0 fully saturated rings. The number of carboxylic acid groups (broad SMARTS) is 1. The molecule has 0 amide bonds. The van der Waals surface area contributed by atoms with Gasteiger partial charge in [-0.25, -0.2) is 14.4 Å². The zero-order valence-electron chi connectivity index (χ0n) is 23.2. The molecule has 0 aromatic heterocycles. The van der Waals surface area contributed by atoms with Gasteiger partial charge in [-0.15, -0.1) is 0 Å². The maximum Gasteiger partial charge on any atom is 0.513 e. The molecule has 1 aromatic carbocycles. The molecule has 0 saturated heterocycles. The first kappa shape index (κ1) is 33.5. The maximum absolute atomic E-state index is 12.3. The van der Waals surface area contributed by atoms with Crippen LogP contribution < -0.4 is 15.2 Å². The van der Waals surface area contributed by atoms with Gasteiger partial charge in [-0.05, 0) is 44.4 Å². The summed E-state index contributed by atoms with van der Waals surface area (Å²) in [5, 5.41) is 9.84. The Morgan fingerprint density at radius 1 is 0.846 bits per heavy atom. The molecule has 2 atom stereocenters. The molecule has 12 nitrogen and oxygen atoms in total. The van der Waals surface area contributed by atoms with Gasteiger partial charge < -0.3 is 39.3 Å². The highest BCUT2D eigenvalue weighted by Crippen LogP contribution is 2.31. The molecular formula is C27H41NO11. The molecule has 1 rings (SSSR count). The average molecular weight is 556 g/mol. The molecule has 0 aliphatic rings. The van der Waals surface area contributed by atoms with Gasteiger partial charge in [0, 0.05) is 12.8 Å². The third-order valence-electron chi connectivity index (χ3n) is 5.49. The van der Waals surface area contributed by atoms with Crippen LogP contribution in [0, 0.1) is 0 Å². The van der Waals surface area contributed by atoms with Gasteiger partial charge in [-0.1, -0.05) is 45.6 Å². The number of hydrogen-bond acceptors (Lipinski definition) is 11. The normalized spacial score (nSPS) is 12.9. The standard InChI is InChI=1S/C27H41NO11/c1-5-8-10-14-35-25(32)38-21-13-12-20(16-22(21)39-26(33)36-15-11-9-6-2)18-27(28,23(29)30)17-19(4)37-24(31)34-7-3/h12-13,16,19H,5-11,14-15,17-18,28H2,1-4H3,(H,29,30)/t19-,27?/m0/s1. The smallest absolute Gasteiger partial charge is 0.480 e. The fraction of sp³-hybridized carbons (Fsp3) is 0.630. The molecule has 220 valence electrons. The first-order valence-electron chi connectivity index (χ1n) is 13.2. The van der Waals surface area contributed by atoms with E-state index >= 15 is 0 Å². The molecule has 3 N–H and O–H groups in total. The highest BCUT2D eigenvalue weighted by molar-refractivity contribution is 5.79. The Morgan fingerprint density at radius 2 is 1.41 bits per heavy atom. The minimum atomic E-state index is -1.86. The van der Waals surface area contributed by atoms with Gasteiger partial charge in [-0.2, -0.15) is 0 Å². The second-order valence-corrected chi connectivity index (χ2v) is 9.05. The van der Waals surface area contributed by atoms with Gasteiger partial charge >= 0.3 is 24.4 Å². The molecule has 1 unspecified atom stereocenters. The van der Waals surface area contributed by atoms with Crippen molar-refractivity contribution >= 4 is 24.4 Å². The number of unbranched alkanes of at least 4 members (excludes halogenated alkanes) is 4. The Kier molecular flexibility index (Phi) is 15.3. The summed E-state index contributed by atoms with van der Waals surface area (Å²) in [4.78, 5) is 48.1. The van der Waals surface area contributed by atoms with E-state index in [4.69, 9.17) is 34.2 Å². The first-order chi connectivity index (χ1) is 18.5. The van der Waals surface area contributed by atoms with E-state index in [1.807, 2.05) is 13.8 Å². The molecule has 12 heteroatoms. The van der Waals surface area contributed by atoms with Crippen molar-refractivity contribution in [1.82, 2.24) is 0 Å². The number of carboxylic acids is 1. The number of aliphatic carboxylic acids is 1. The summed E-state index contributed by atoms with van der Waals surface area (Å²) in [7, 11) is 0. The van der Waals surface area contributed by atoms with Crippen LogP contribution in [0.2, 0.25) is 0 Å². The summed E-state index contributed by atoms with van der Waals surface area (Å²) < 4.78 is 30.4. The van der Waals surface area contributed by atoms with Crippen LogP contribution in [0.3, 0.4) is 0 Å². The molecule has 39 heavy (non-hydrogen) atoms. The predicted octanol–water partition coefficient (Wildman–Crippen LogP) is 5.37. The topological polar surface area (TPSA) is 170 Å². The van der Waals surface area contributed by atoms with E-state index in [0.29, 0.717) is 18.4 Å². The van der Waals surface area contributed by atoms with Crippen molar-refractivity contribution in [3.05, 3.63) is 23.8 Å². The summed E-state index contributed by atoms with van der Waals surface area (Å²) in [5.74, 6) is -1.64. The third-order valence-corrected chi connectivity index (χ3v) is 5.49. The van der Waals surface area contributed by atoms with Crippen molar-refractivity contribution in [2.45, 2.75) is 90.7 Å². The van der Waals surface area contributed by atoms with Crippen molar-refractivity contribution in [2.24, 2.45) is 5.73 Å². The van der Waals surface area contributed by atoms with E-state index in [2.05, 4.69) is 0 Å². The van der Waals surface area contributed by atoms with E-state index < -0.39 is 36.1 Å². The number of ether oxygens (including phenoxy) is 6. The first-order valence-corrected chi connectivity index (χ1v) is 13.2. The molecule has 1 aromatic rings. The molecule has 0 radical (unpaired) electrons. The van der Waals surface area contributed by atoms with Crippen molar-refractivity contribution in [3.63, 3.8) is 0 Å². The highest BCUT2D eigenvalue weighted by Gasteiger charge is 2.37. The molecule has 0 spiro atoms. The van der Waals surface area contributed by atoms with Crippen LogP contribution in [-0.4, -0.2) is 61.0 Å². The fourth-order valence-corrected chi connectivity index (χ4v) is 3.55. The SMILES string of the molecule is CCCCCOC(=O)Oc1ccc(CC(N)(C[C@H](C)OC(=O)OCC)C(=O)O)cc1OC(=O)OCCCCC. The Bertz CT molecular complexity index is 936. The van der Waals surface area contributed by atoms with Gasteiger partial charge in [0.2, 0.25) is 0 Å². The Labute approximate surface area is 229 Å². The largest absolute Gasteiger partial charge is 0.513 e. The number of rotatable bonds is 17. The van der Waals surface area contributed by atoms with Gasteiger partial charge in [-0.3, -0.25) is 4.79 Å². The van der Waals surface area contributed by atoms with Crippen LogP contribution in [0.15, 0.2) is 18.2 Å². The van der Waals surface area contributed by atoms with E-state index in [-0.39, 0.29) is 44.2 Å². The molecule has 0 aliphatic heterocycles. The third kappa shape index (κ3) is 13.2. The van der Waals surface area contributed by atoms with Crippen LogP contribution >= 0.6 is 0 Å². The van der Waals surface area contributed by atoms with Crippen molar-refractivity contribution in [3.8, 4) is 11.5 Å². The Morgan fingerprint density at radius 3 is 1.92 bits per heavy atom. The van der Waals surface area contributed by atoms with Crippen LogP contribution in [0.4, 0.5) is 14.4 Å². The lowest BCUT2D eigenvalue weighted by molar-refractivity contribution is -0.144. The Hall–Kier alpha value is -3.54. The summed E-state index contributed by atoms with van der Waals surface area (Å²) in [6.07, 6.45) is 0.684. The van der Waals surface area contributed by atoms with Crippen LogP contribution in [0.5, 0.6) is 11.5 Å². The summed E-state index contributed by atoms with van der Waals surface area (Å²) in [6.45, 7) is 7.53. The lowest BCUT2D eigenvalue weighted by atomic mass is 9.86. The van der Waals surface area contributed by atoms with Gasteiger partial charge in [0.1, 0.15) is 11.6 Å². The summed E-state index contributed by atoms with van der Waals surface area (Å²) in [6, 6.07) is 4.14. The van der Waals surface area contributed by atoms with E-state index in [0.717, 1.165) is 25.7 Å². The summed E-state index contributed by atoms with van der Waals surface area (Å²) >= 11 is 0. The second kappa shape index (κ2) is 17.9. The number of benzene rings is 1. The van der Waals surface area contributed by atoms with Crippen molar-refractivity contribution < 1.29 is 52.7 Å². The van der Waals surface area contributed by atoms with Crippen LogP contribution in [-0.2, 0) is 30.2 Å². The summed E-state index contributed by atoms with van der Waals surface area (Å²) in [5.41, 5.74) is 4.69. The lowest BCUT2D eigenvalue weighted by Gasteiger charge is -2.28. The van der Waals surface area contributed by atoms with Crippen LogP contribution in [0.25, 0.3) is 0 Å². The minimum Gasteiger partial charge on any atom is -0.480 e. The number of carbonyl (C=O) groups is 4. The predicted molar refractivity (Wildman–Crippen MR) is 140 cm³/mol. The van der Waals surface area contributed by atoms with Gasteiger partial charge in [0.05, 0.1) is 19.8 Å². The fourth-order valence-electron chi connectivity index (χ4n) is 3.55. The number of hydrogen-bond donors (Lipinski definition) is 2. The molecule has 0 aliphatic carbocycles. The van der Waals surface area contributed by atoms with E-state index in [1.54, 1.807) is 6.92 Å². The number of nitrogens with two attached hydrogens (primary N) is 1. The van der Waals surface area contributed by atoms with Gasteiger partial charge in [0.15, 0.2) is 11.5 Å². The molecule has 0 saturated carbocycles. The maximum atomic E-state index is 12.3. The number of carbonyl (C=O) groups excluding carboxylic acids is 3. The lowest BCUT2D eigenvalue weighted by Crippen LogP contribution is -2.52. The van der Waals surface area contributed by atoms with Crippen LogP contribution in [0.1, 0.15) is 78.2 Å².